The maximum absolute atomic E-state index is 4.54. The van der Waals surface area contributed by atoms with E-state index in [0.29, 0.717) is 5.41 Å². The SMILES string of the molecule is CN(CC1CCCN1C)CC1(CS)CCC1. The summed E-state index contributed by atoms with van der Waals surface area (Å²) in [5, 5.41) is 0. The second-order valence-electron chi connectivity index (χ2n) is 5.99. The molecule has 1 atom stereocenters. The van der Waals surface area contributed by atoms with Crippen molar-refractivity contribution in [2.75, 3.05) is 39.5 Å². The fourth-order valence-corrected chi connectivity index (χ4v) is 3.67. The molecule has 16 heavy (non-hydrogen) atoms. The molecule has 1 unspecified atom stereocenters. The van der Waals surface area contributed by atoms with Gasteiger partial charge in [0.25, 0.3) is 0 Å². The van der Waals surface area contributed by atoms with Crippen molar-refractivity contribution >= 4 is 12.6 Å². The maximum Gasteiger partial charge on any atom is 0.0220 e. The summed E-state index contributed by atoms with van der Waals surface area (Å²) in [5.74, 6) is 1.07. The average molecular weight is 242 g/mol. The number of hydrogen-bond acceptors (Lipinski definition) is 3. The van der Waals surface area contributed by atoms with Crippen LogP contribution in [-0.4, -0.2) is 55.3 Å². The van der Waals surface area contributed by atoms with Gasteiger partial charge < -0.3 is 9.80 Å². The molecule has 0 N–H and O–H groups in total. The predicted octanol–water partition coefficient (Wildman–Crippen LogP) is 2.11. The van der Waals surface area contributed by atoms with Crippen LogP contribution in [0.15, 0.2) is 0 Å². The van der Waals surface area contributed by atoms with Gasteiger partial charge in [-0.2, -0.15) is 12.6 Å². The highest BCUT2D eigenvalue weighted by molar-refractivity contribution is 7.80. The molecule has 0 aromatic carbocycles. The Morgan fingerprint density at radius 1 is 1.38 bits per heavy atom. The number of hydrogen-bond donors (Lipinski definition) is 1. The van der Waals surface area contributed by atoms with Crippen LogP contribution in [0.25, 0.3) is 0 Å². The summed E-state index contributed by atoms with van der Waals surface area (Å²) in [7, 11) is 4.55. The highest BCUT2D eigenvalue weighted by Gasteiger charge is 2.37. The van der Waals surface area contributed by atoms with Crippen molar-refractivity contribution in [2.45, 2.75) is 38.1 Å². The zero-order valence-corrected chi connectivity index (χ0v) is 11.7. The molecule has 0 spiro atoms. The standard InChI is InChI=1S/C13H26N2S/c1-14(9-12-5-3-8-15(12)2)10-13(11-16)6-4-7-13/h12,16H,3-11H2,1-2H3. The third kappa shape index (κ3) is 2.74. The first-order valence-corrected chi connectivity index (χ1v) is 7.28. The number of likely N-dealkylation sites (N-methyl/N-ethyl adjacent to an activating group) is 2. The van der Waals surface area contributed by atoms with Gasteiger partial charge >= 0.3 is 0 Å². The molecule has 0 aromatic heterocycles. The van der Waals surface area contributed by atoms with Crippen LogP contribution in [0.2, 0.25) is 0 Å². The van der Waals surface area contributed by atoms with E-state index in [1.807, 2.05) is 0 Å². The van der Waals surface area contributed by atoms with Crippen LogP contribution in [-0.2, 0) is 0 Å². The quantitative estimate of drug-likeness (QED) is 0.738. The van der Waals surface area contributed by atoms with Crippen LogP contribution in [0.4, 0.5) is 0 Å². The molecule has 1 aliphatic heterocycles. The molecule has 0 aromatic rings. The predicted molar refractivity (Wildman–Crippen MR) is 73.3 cm³/mol. The van der Waals surface area contributed by atoms with Gasteiger partial charge in [-0.3, -0.25) is 0 Å². The number of rotatable bonds is 5. The first-order chi connectivity index (χ1) is 7.65. The average Bonchev–Trinajstić information content (AvgIpc) is 2.58. The van der Waals surface area contributed by atoms with Crippen molar-refractivity contribution in [3.63, 3.8) is 0 Å². The molecule has 2 aliphatic rings. The molecular formula is C13H26N2S. The van der Waals surface area contributed by atoms with Gasteiger partial charge in [0.1, 0.15) is 0 Å². The van der Waals surface area contributed by atoms with E-state index < -0.39 is 0 Å². The van der Waals surface area contributed by atoms with E-state index >= 15 is 0 Å². The van der Waals surface area contributed by atoms with Gasteiger partial charge in [0.05, 0.1) is 0 Å². The fourth-order valence-electron chi connectivity index (χ4n) is 3.25. The van der Waals surface area contributed by atoms with Gasteiger partial charge in [-0.15, -0.1) is 0 Å². The molecule has 1 aliphatic carbocycles. The lowest BCUT2D eigenvalue weighted by molar-refractivity contribution is 0.0916. The van der Waals surface area contributed by atoms with E-state index in [2.05, 4.69) is 36.5 Å². The maximum atomic E-state index is 4.54. The topological polar surface area (TPSA) is 6.48 Å². The molecule has 3 heteroatoms. The highest BCUT2D eigenvalue weighted by atomic mass is 32.1. The van der Waals surface area contributed by atoms with Gasteiger partial charge in [0.2, 0.25) is 0 Å². The summed E-state index contributed by atoms with van der Waals surface area (Å²) >= 11 is 4.54. The zero-order chi connectivity index (χ0) is 11.6. The van der Waals surface area contributed by atoms with E-state index in [9.17, 15) is 0 Å². The second-order valence-corrected chi connectivity index (χ2v) is 6.30. The van der Waals surface area contributed by atoms with Gasteiger partial charge in [0, 0.05) is 19.1 Å². The number of nitrogens with zero attached hydrogens (tertiary/aromatic N) is 2. The molecule has 2 rings (SSSR count). The van der Waals surface area contributed by atoms with E-state index in [0.717, 1.165) is 11.8 Å². The summed E-state index contributed by atoms with van der Waals surface area (Å²) in [6.07, 6.45) is 6.96. The third-order valence-corrected chi connectivity index (χ3v) is 5.22. The van der Waals surface area contributed by atoms with Gasteiger partial charge in [-0.1, -0.05) is 6.42 Å². The summed E-state index contributed by atoms with van der Waals surface area (Å²) < 4.78 is 0. The largest absolute Gasteiger partial charge is 0.304 e. The second kappa shape index (κ2) is 5.28. The lowest BCUT2D eigenvalue weighted by Gasteiger charge is -2.44. The number of thiol groups is 1. The van der Waals surface area contributed by atoms with E-state index in [1.54, 1.807) is 0 Å². The molecule has 1 saturated carbocycles. The van der Waals surface area contributed by atoms with E-state index in [1.165, 1.54) is 51.7 Å². The third-order valence-electron chi connectivity index (χ3n) is 4.55. The highest BCUT2D eigenvalue weighted by Crippen LogP contribution is 2.42. The van der Waals surface area contributed by atoms with Gasteiger partial charge in [-0.25, -0.2) is 0 Å². The van der Waals surface area contributed by atoms with Gasteiger partial charge in [0.15, 0.2) is 0 Å². The van der Waals surface area contributed by atoms with Gasteiger partial charge in [-0.05, 0) is 57.5 Å². The van der Waals surface area contributed by atoms with Crippen LogP contribution >= 0.6 is 12.6 Å². The van der Waals surface area contributed by atoms with Crippen LogP contribution in [0.1, 0.15) is 32.1 Å². The Labute approximate surface area is 106 Å². The Morgan fingerprint density at radius 3 is 2.56 bits per heavy atom. The summed E-state index contributed by atoms with van der Waals surface area (Å²) in [6.45, 7) is 3.78. The Hall–Kier alpha value is 0.270. The molecule has 0 radical (unpaired) electrons. The Morgan fingerprint density at radius 2 is 2.12 bits per heavy atom. The van der Waals surface area contributed by atoms with Crippen molar-refractivity contribution in [2.24, 2.45) is 5.41 Å². The smallest absolute Gasteiger partial charge is 0.0220 e. The Bertz CT molecular complexity index is 222. The normalized spacial score (nSPS) is 29.6. The Kier molecular flexibility index (Phi) is 4.20. The van der Waals surface area contributed by atoms with Crippen molar-refractivity contribution in [1.29, 1.82) is 0 Å². The summed E-state index contributed by atoms with van der Waals surface area (Å²) in [6, 6.07) is 0.794. The van der Waals surface area contributed by atoms with E-state index in [-0.39, 0.29) is 0 Å². The van der Waals surface area contributed by atoms with Crippen LogP contribution in [0, 0.1) is 5.41 Å². The Balaban J connectivity index is 1.77. The fraction of sp³-hybridized carbons (Fsp3) is 1.00. The lowest BCUT2D eigenvalue weighted by atomic mass is 9.70. The lowest BCUT2D eigenvalue weighted by Crippen LogP contribution is -2.45. The van der Waals surface area contributed by atoms with Crippen molar-refractivity contribution in [3.05, 3.63) is 0 Å². The summed E-state index contributed by atoms with van der Waals surface area (Å²) in [5.41, 5.74) is 0.551. The van der Waals surface area contributed by atoms with Crippen LogP contribution in [0.3, 0.4) is 0 Å². The molecule has 0 bridgehead atoms. The minimum Gasteiger partial charge on any atom is -0.304 e. The molecule has 1 heterocycles. The van der Waals surface area contributed by atoms with Crippen LogP contribution < -0.4 is 0 Å². The first kappa shape index (κ1) is 12.7. The molecule has 0 amide bonds. The van der Waals surface area contributed by atoms with Crippen molar-refractivity contribution in [1.82, 2.24) is 9.80 Å². The van der Waals surface area contributed by atoms with E-state index in [4.69, 9.17) is 0 Å². The van der Waals surface area contributed by atoms with Crippen molar-refractivity contribution in [3.8, 4) is 0 Å². The van der Waals surface area contributed by atoms with Crippen molar-refractivity contribution < 1.29 is 0 Å². The molecular weight excluding hydrogens is 216 g/mol. The first-order valence-electron chi connectivity index (χ1n) is 6.65. The minimum absolute atomic E-state index is 0.551. The minimum atomic E-state index is 0.551. The monoisotopic (exact) mass is 242 g/mol. The molecule has 1 saturated heterocycles. The summed E-state index contributed by atoms with van der Waals surface area (Å²) in [4.78, 5) is 5.06. The zero-order valence-electron chi connectivity index (χ0n) is 10.8. The van der Waals surface area contributed by atoms with Crippen LogP contribution in [0.5, 0.6) is 0 Å². The molecule has 2 fully saturated rings. The number of likely N-dealkylation sites (tertiary alicyclic amines) is 1. The molecule has 94 valence electrons. The molecule has 2 nitrogen and oxygen atoms in total.